The number of halogens is 2. The van der Waals surface area contributed by atoms with E-state index in [1.807, 2.05) is 6.07 Å². The Morgan fingerprint density at radius 1 is 1.28 bits per heavy atom. The van der Waals surface area contributed by atoms with Crippen LogP contribution < -0.4 is 10.2 Å². The zero-order valence-corrected chi connectivity index (χ0v) is 15.2. The molecule has 2 N–H and O–H groups in total. The molecule has 2 aromatic carbocycles. The van der Waals surface area contributed by atoms with Gasteiger partial charge in [-0.2, -0.15) is 5.10 Å². The molecule has 1 amide bonds. The van der Waals surface area contributed by atoms with Gasteiger partial charge in [-0.05, 0) is 36.4 Å². The fourth-order valence-corrected chi connectivity index (χ4v) is 3.77. The maximum Gasteiger partial charge on any atom is 0.283 e. The average Bonchev–Trinajstić information content (AvgIpc) is 2.94. The van der Waals surface area contributed by atoms with Crippen LogP contribution in [0.25, 0.3) is 10.1 Å². The summed E-state index contributed by atoms with van der Waals surface area (Å²) in [5.41, 5.74) is 2.78. The first-order valence-corrected chi connectivity index (χ1v) is 8.65. The second kappa shape index (κ2) is 7.31. The number of aromatic hydroxyl groups is 1. The van der Waals surface area contributed by atoms with Crippen molar-refractivity contribution in [2.24, 2.45) is 5.10 Å². The van der Waals surface area contributed by atoms with E-state index in [1.165, 1.54) is 29.7 Å². The number of hydrogen-bond acceptors (Lipinski definition) is 5. The SMILES string of the molecule is COc1ccc2c(Cl)c(C(=O)NN=Cc3cc(Cl)ccc3O)sc2c1. The van der Waals surface area contributed by atoms with Crippen LogP contribution in [-0.2, 0) is 0 Å². The van der Waals surface area contributed by atoms with E-state index in [2.05, 4.69) is 10.5 Å². The highest BCUT2D eigenvalue weighted by Gasteiger charge is 2.17. The lowest BCUT2D eigenvalue weighted by Crippen LogP contribution is -2.16. The van der Waals surface area contributed by atoms with Crippen molar-refractivity contribution in [2.45, 2.75) is 0 Å². The topological polar surface area (TPSA) is 70.9 Å². The van der Waals surface area contributed by atoms with Crippen LogP contribution in [0.5, 0.6) is 11.5 Å². The summed E-state index contributed by atoms with van der Waals surface area (Å²) < 4.78 is 6.01. The molecule has 0 spiro atoms. The number of hydrazone groups is 1. The molecule has 128 valence electrons. The predicted molar refractivity (Wildman–Crippen MR) is 102 cm³/mol. The lowest BCUT2D eigenvalue weighted by molar-refractivity contribution is 0.0959. The Morgan fingerprint density at radius 3 is 2.84 bits per heavy atom. The Morgan fingerprint density at radius 2 is 2.08 bits per heavy atom. The summed E-state index contributed by atoms with van der Waals surface area (Å²) in [6.45, 7) is 0. The fraction of sp³-hybridized carbons (Fsp3) is 0.0588. The minimum atomic E-state index is -0.442. The fourth-order valence-electron chi connectivity index (χ4n) is 2.16. The van der Waals surface area contributed by atoms with Gasteiger partial charge < -0.3 is 9.84 Å². The first kappa shape index (κ1) is 17.5. The highest BCUT2D eigenvalue weighted by molar-refractivity contribution is 7.21. The summed E-state index contributed by atoms with van der Waals surface area (Å²) in [4.78, 5) is 12.7. The van der Waals surface area contributed by atoms with Crippen molar-refractivity contribution in [3.8, 4) is 11.5 Å². The van der Waals surface area contributed by atoms with E-state index < -0.39 is 5.91 Å². The van der Waals surface area contributed by atoms with Gasteiger partial charge >= 0.3 is 0 Å². The van der Waals surface area contributed by atoms with E-state index in [0.29, 0.717) is 26.2 Å². The molecular formula is C17H12Cl2N2O3S. The number of phenolic OH excluding ortho intramolecular Hbond substituents is 1. The van der Waals surface area contributed by atoms with Crippen molar-refractivity contribution in [1.82, 2.24) is 5.43 Å². The number of methoxy groups -OCH3 is 1. The summed E-state index contributed by atoms with van der Waals surface area (Å²) in [5.74, 6) is 0.254. The second-order valence-corrected chi connectivity index (χ2v) is 6.88. The Kier molecular flexibility index (Phi) is 5.13. The minimum absolute atomic E-state index is 0.00869. The molecule has 0 saturated carbocycles. The van der Waals surface area contributed by atoms with Crippen molar-refractivity contribution >= 4 is 56.7 Å². The van der Waals surface area contributed by atoms with Crippen molar-refractivity contribution < 1.29 is 14.6 Å². The highest BCUT2D eigenvalue weighted by atomic mass is 35.5. The number of ether oxygens (including phenoxy) is 1. The van der Waals surface area contributed by atoms with E-state index in [4.69, 9.17) is 27.9 Å². The van der Waals surface area contributed by atoms with Gasteiger partial charge in [-0.15, -0.1) is 11.3 Å². The number of benzene rings is 2. The Bertz CT molecular complexity index is 985. The molecule has 0 fully saturated rings. The number of hydrogen-bond donors (Lipinski definition) is 2. The van der Waals surface area contributed by atoms with Crippen LogP contribution in [0.1, 0.15) is 15.2 Å². The molecule has 0 aliphatic carbocycles. The summed E-state index contributed by atoms with van der Waals surface area (Å²) in [7, 11) is 1.57. The summed E-state index contributed by atoms with van der Waals surface area (Å²) in [6, 6.07) is 9.93. The molecular weight excluding hydrogens is 383 g/mol. The molecule has 3 rings (SSSR count). The van der Waals surface area contributed by atoms with E-state index in [0.717, 1.165) is 10.1 Å². The van der Waals surface area contributed by atoms with Crippen LogP contribution in [0.15, 0.2) is 41.5 Å². The van der Waals surface area contributed by atoms with Crippen LogP contribution >= 0.6 is 34.5 Å². The smallest absolute Gasteiger partial charge is 0.283 e. The number of nitrogens with one attached hydrogen (secondary N) is 1. The van der Waals surface area contributed by atoms with Gasteiger partial charge in [0.1, 0.15) is 16.4 Å². The van der Waals surface area contributed by atoms with Crippen molar-refractivity contribution in [3.05, 3.63) is 56.9 Å². The largest absolute Gasteiger partial charge is 0.507 e. The van der Waals surface area contributed by atoms with Crippen molar-refractivity contribution in [2.75, 3.05) is 7.11 Å². The summed E-state index contributed by atoms with van der Waals surface area (Å²) in [6.07, 6.45) is 1.31. The normalized spacial score (nSPS) is 11.2. The molecule has 0 atom stereocenters. The number of phenols is 1. The monoisotopic (exact) mass is 394 g/mol. The Labute approximate surface area is 157 Å². The number of rotatable bonds is 4. The van der Waals surface area contributed by atoms with Gasteiger partial charge in [-0.1, -0.05) is 23.2 Å². The van der Waals surface area contributed by atoms with E-state index in [1.54, 1.807) is 25.3 Å². The molecule has 25 heavy (non-hydrogen) atoms. The van der Waals surface area contributed by atoms with Crippen molar-refractivity contribution in [3.63, 3.8) is 0 Å². The van der Waals surface area contributed by atoms with Crippen LogP contribution in [0.4, 0.5) is 0 Å². The maximum atomic E-state index is 12.3. The summed E-state index contributed by atoms with van der Waals surface area (Å²) in [5, 5.41) is 15.1. The molecule has 0 bridgehead atoms. The van der Waals surface area contributed by atoms with Crippen LogP contribution in [0, 0.1) is 0 Å². The molecule has 5 nitrogen and oxygen atoms in total. The van der Waals surface area contributed by atoms with E-state index in [-0.39, 0.29) is 5.75 Å². The molecule has 1 heterocycles. The van der Waals surface area contributed by atoms with Gasteiger partial charge in [-0.3, -0.25) is 4.79 Å². The van der Waals surface area contributed by atoms with Crippen molar-refractivity contribution in [1.29, 1.82) is 0 Å². The van der Waals surface area contributed by atoms with Crippen LogP contribution in [0.2, 0.25) is 10.0 Å². The minimum Gasteiger partial charge on any atom is -0.507 e. The zero-order chi connectivity index (χ0) is 18.0. The Balaban J connectivity index is 1.81. The standard InChI is InChI=1S/C17H12Cl2N2O3S/c1-24-11-3-4-12-14(7-11)25-16(15(12)19)17(23)21-20-8-9-6-10(18)2-5-13(9)22/h2-8,22H,1H3,(H,21,23). The van der Waals surface area contributed by atoms with Gasteiger partial charge in [0.2, 0.25) is 0 Å². The highest BCUT2D eigenvalue weighted by Crippen LogP contribution is 2.37. The number of thiophene rings is 1. The first-order chi connectivity index (χ1) is 12.0. The molecule has 0 aliphatic rings. The van der Waals surface area contributed by atoms with Gasteiger partial charge in [-0.25, -0.2) is 5.43 Å². The first-order valence-electron chi connectivity index (χ1n) is 7.07. The number of amides is 1. The van der Waals surface area contributed by atoms with Gasteiger partial charge in [0.05, 0.1) is 18.3 Å². The van der Waals surface area contributed by atoms with Crippen LogP contribution in [-0.4, -0.2) is 24.3 Å². The number of nitrogens with zero attached hydrogens (tertiary/aromatic N) is 1. The third-order valence-corrected chi connectivity index (χ3v) is 5.29. The lowest BCUT2D eigenvalue weighted by Gasteiger charge is -2.00. The number of carbonyl (C=O) groups is 1. The number of carbonyl (C=O) groups excluding carboxylic acids is 1. The third-order valence-electron chi connectivity index (χ3n) is 3.40. The van der Waals surface area contributed by atoms with Crippen LogP contribution in [0.3, 0.4) is 0 Å². The average molecular weight is 395 g/mol. The van der Waals surface area contributed by atoms with E-state index in [9.17, 15) is 9.90 Å². The predicted octanol–water partition coefficient (Wildman–Crippen LogP) is 4.69. The Hall–Kier alpha value is -2.28. The third kappa shape index (κ3) is 3.71. The maximum absolute atomic E-state index is 12.3. The molecule has 8 heteroatoms. The quantitative estimate of drug-likeness (QED) is 0.498. The molecule has 0 aliphatic heterocycles. The second-order valence-electron chi connectivity index (χ2n) is 5.01. The molecule has 1 aromatic heterocycles. The lowest BCUT2D eigenvalue weighted by atomic mass is 10.2. The van der Waals surface area contributed by atoms with Gasteiger partial charge in [0.25, 0.3) is 5.91 Å². The molecule has 0 saturated heterocycles. The zero-order valence-electron chi connectivity index (χ0n) is 12.9. The van der Waals surface area contributed by atoms with Gasteiger partial charge in [0, 0.05) is 20.7 Å². The molecule has 3 aromatic rings. The molecule has 0 radical (unpaired) electrons. The summed E-state index contributed by atoms with van der Waals surface area (Å²) >= 11 is 13.4. The number of fused-ring (bicyclic) bond motifs is 1. The molecule has 0 unspecified atom stereocenters. The van der Waals surface area contributed by atoms with E-state index >= 15 is 0 Å². The van der Waals surface area contributed by atoms with Gasteiger partial charge in [0.15, 0.2) is 0 Å².